The Morgan fingerprint density at radius 3 is 2.48 bits per heavy atom. The van der Waals surface area contributed by atoms with Gasteiger partial charge in [0.2, 0.25) is 11.8 Å². The Hall–Kier alpha value is -2.41. The van der Waals surface area contributed by atoms with Gasteiger partial charge in [-0.2, -0.15) is 0 Å². The van der Waals surface area contributed by atoms with Crippen molar-refractivity contribution in [1.29, 1.82) is 0 Å². The number of likely N-dealkylation sites (tertiary alicyclic amines) is 1. The molecule has 1 aromatic rings. The highest BCUT2D eigenvalue weighted by molar-refractivity contribution is 5.94. The van der Waals surface area contributed by atoms with Crippen LogP contribution in [0.5, 0.6) is 0 Å². The molecule has 7 nitrogen and oxygen atoms in total. The molecule has 124 valence electrons. The fourth-order valence-corrected chi connectivity index (χ4v) is 2.53. The largest absolute Gasteiger partial charge is 0.481 e. The molecule has 1 unspecified atom stereocenters. The van der Waals surface area contributed by atoms with Crippen molar-refractivity contribution in [1.82, 2.24) is 4.90 Å². The van der Waals surface area contributed by atoms with Crippen LogP contribution < -0.4 is 10.2 Å². The summed E-state index contributed by atoms with van der Waals surface area (Å²) in [6, 6.07) is 6.98. The van der Waals surface area contributed by atoms with Gasteiger partial charge >= 0.3 is 5.97 Å². The fourth-order valence-electron chi connectivity index (χ4n) is 2.53. The number of hydrogen-bond acceptors (Lipinski definition) is 4. The van der Waals surface area contributed by atoms with Crippen molar-refractivity contribution in [3.63, 3.8) is 0 Å². The standard InChI is InChI=1S/C16H21N3O4/c1-11(20)18(2)14-5-3-13(4-6-14)17-15(21)10-19-8-7-12(9-19)16(22)23/h3-6,12H,7-10H2,1-2H3,(H,17,21)(H,22,23). The van der Waals surface area contributed by atoms with Gasteiger partial charge in [0.25, 0.3) is 0 Å². The summed E-state index contributed by atoms with van der Waals surface area (Å²) in [4.78, 5) is 37.5. The van der Waals surface area contributed by atoms with Gasteiger partial charge < -0.3 is 15.3 Å². The third kappa shape index (κ3) is 4.53. The molecule has 7 heteroatoms. The van der Waals surface area contributed by atoms with E-state index in [2.05, 4.69) is 5.32 Å². The van der Waals surface area contributed by atoms with Gasteiger partial charge in [0.05, 0.1) is 12.5 Å². The van der Waals surface area contributed by atoms with Crippen molar-refractivity contribution < 1.29 is 19.5 Å². The summed E-state index contributed by atoms with van der Waals surface area (Å²) in [6.45, 7) is 2.69. The van der Waals surface area contributed by atoms with Crippen LogP contribution in [0.4, 0.5) is 11.4 Å². The van der Waals surface area contributed by atoms with Gasteiger partial charge in [-0.15, -0.1) is 0 Å². The first kappa shape index (κ1) is 17.0. The van der Waals surface area contributed by atoms with E-state index in [4.69, 9.17) is 5.11 Å². The number of rotatable bonds is 5. The summed E-state index contributed by atoms with van der Waals surface area (Å²) in [5.74, 6) is -1.44. The summed E-state index contributed by atoms with van der Waals surface area (Å²) in [6.07, 6.45) is 0.578. The highest BCUT2D eigenvalue weighted by Gasteiger charge is 2.28. The van der Waals surface area contributed by atoms with E-state index in [1.54, 1.807) is 31.3 Å². The Labute approximate surface area is 134 Å². The third-order valence-electron chi connectivity index (χ3n) is 4.00. The van der Waals surface area contributed by atoms with Gasteiger partial charge in [0.1, 0.15) is 0 Å². The minimum absolute atomic E-state index is 0.0659. The van der Waals surface area contributed by atoms with Crippen LogP contribution in [0.2, 0.25) is 0 Å². The molecular formula is C16H21N3O4. The van der Waals surface area contributed by atoms with Crippen molar-refractivity contribution in [2.45, 2.75) is 13.3 Å². The topological polar surface area (TPSA) is 90.0 Å². The maximum absolute atomic E-state index is 12.0. The smallest absolute Gasteiger partial charge is 0.307 e. The Morgan fingerprint density at radius 1 is 1.30 bits per heavy atom. The molecule has 0 saturated carbocycles. The van der Waals surface area contributed by atoms with Gasteiger partial charge in [-0.3, -0.25) is 19.3 Å². The second kappa shape index (κ2) is 7.23. The Bertz CT molecular complexity index is 600. The molecule has 1 atom stereocenters. The molecule has 0 radical (unpaired) electrons. The van der Waals surface area contributed by atoms with Crippen LogP contribution in [0.25, 0.3) is 0 Å². The molecule has 23 heavy (non-hydrogen) atoms. The van der Waals surface area contributed by atoms with E-state index < -0.39 is 5.97 Å². The quantitative estimate of drug-likeness (QED) is 0.845. The molecule has 1 aliphatic heterocycles. The van der Waals surface area contributed by atoms with Gasteiger partial charge in [-0.1, -0.05) is 0 Å². The monoisotopic (exact) mass is 319 g/mol. The summed E-state index contributed by atoms with van der Waals surface area (Å²) in [7, 11) is 1.68. The second-order valence-corrected chi connectivity index (χ2v) is 5.73. The predicted molar refractivity (Wildman–Crippen MR) is 86.3 cm³/mol. The van der Waals surface area contributed by atoms with Gasteiger partial charge in [0, 0.05) is 31.9 Å². The normalized spacial score (nSPS) is 17.7. The number of nitrogens with one attached hydrogen (secondary N) is 1. The molecule has 1 aromatic carbocycles. The zero-order valence-electron chi connectivity index (χ0n) is 13.3. The van der Waals surface area contributed by atoms with E-state index in [0.29, 0.717) is 25.2 Å². The number of carboxylic acid groups (broad SMARTS) is 1. The van der Waals surface area contributed by atoms with Crippen LogP contribution in [-0.2, 0) is 14.4 Å². The second-order valence-electron chi connectivity index (χ2n) is 5.73. The lowest BCUT2D eigenvalue weighted by molar-refractivity contribution is -0.141. The summed E-state index contributed by atoms with van der Waals surface area (Å²) >= 11 is 0. The van der Waals surface area contributed by atoms with E-state index in [1.807, 2.05) is 4.90 Å². The average Bonchev–Trinajstić information content (AvgIpc) is 2.95. The van der Waals surface area contributed by atoms with E-state index in [1.165, 1.54) is 11.8 Å². The van der Waals surface area contributed by atoms with E-state index >= 15 is 0 Å². The molecule has 1 saturated heterocycles. The Balaban J connectivity index is 1.86. The summed E-state index contributed by atoms with van der Waals surface area (Å²) in [5, 5.41) is 11.7. The molecule has 0 aliphatic carbocycles. The van der Waals surface area contributed by atoms with Crippen molar-refractivity contribution in [3.8, 4) is 0 Å². The Kier molecular flexibility index (Phi) is 5.33. The molecule has 2 rings (SSSR count). The third-order valence-corrected chi connectivity index (χ3v) is 4.00. The highest BCUT2D eigenvalue weighted by Crippen LogP contribution is 2.18. The van der Waals surface area contributed by atoms with Crippen molar-refractivity contribution in [2.24, 2.45) is 5.92 Å². The Morgan fingerprint density at radius 2 is 1.96 bits per heavy atom. The lowest BCUT2D eigenvalue weighted by atomic mass is 10.1. The zero-order chi connectivity index (χ0) is 17.0. The number of carboxylic acids is 1. The SMILES string of the molecule is CC(=O)N(C)c1ccc(NC(=O)CN2CCC(C(=O)O)C2)cc1. The zero-order valence-corrected chi connectivity index (χ0v) is 13.3. The molecule has 0 bridgehead atoms. The summed E-state index contributed by atoms with van der Waals surface area (Å²) in [5.41, 5.74) is 1.39. The van der Waals surface area contributed by atoms with Gasteiger partial charge in [0.15, 0.2) is 0 Å². The highest BCUT2D eigenvalue weighted by atomic mass is 16.4. The average molecular weight is 319 g/mol. The van der Waals surface area contributed by atoms with Crippen molar-refractivity contribution in [2.75, 3.05) is 36.9 Å². The maximum atomic E-state index is 12.0. The maximum Gasteiger partial charge on any atom is 0.307 e. The molecule has 1 heterocycles. The number of hydrogen-bond donors (Lipinski definition) is 2. The van der Waals surface area contributed by atoms with Crippen LogP contribution in [0.1, 0.15) is 13.3 Å². The first-order valence-electron chi connectivity index (χ1n) is 7.46. The lowest BCUT2D eigenvalue weighted by Crippen LogP contribution is -2.32. The molecule has 1 fully saturated rings. The van der Waals surface area contributed by atoms with Gasteiger partial charge in [-0.05, 0) is 37.2 Å². The van der Waals surface area contributed by atoms with Crippen LogP contribution >= 0.6 is 0 Å². The molecular weight excluding hydrogens is 298 g/mol. The van der Waals surface area contributed by atoms with Crippen LogP contribution in [0, 0.1) is 5.92 Å². The number of aliphatic carboxylic acids is 1. The summed E-state index contributed by atoms with van der Waals surface area (Å²) < 4.78 is 0. The van der Waals surface area contributed by atoms with E-state index in [0.717, 1.165) is 5.69 Å². The first-order chi connectivity index (χ1) is 10.9. The first-order valence-corrected chi connectivity index (χ1v) is 7.46. The predicted octanol–water partition coefficient (Wildman–Crippen LogP) is 1.01. The number of nitrogens with zero attached hydrogens (tertiary/aromatic N) is 2. The molecule has 0 aromatic heterocycles. The molecule has 2 N–H and O–H groups in total. The van der Waals surface area contributed by atoms with E-state index in [9.17, 15) is 14.4 Å². The minimum atomic E-state index is -0.807. The van der Waals surface area contributed by atoms with Crippen molar-refractivity contribution in [3.05, 3.63) is 24.3 Å². The molecule has 0 spiro atoms. The number of carbonyl (C=O) groups excluding carboxylic acids is 2. The molecule has 1 aliphatic rings. The fraction of sp³-hybridized carbons (Fsp3) is 0.438. The van der Waals surface area contributed by atoms with Crippen LogP contribution in [-0.4, -0.2) is 54.5 Å². The molecule has 2 amide bonds. The number of carbonyl (C=O) groups is 3. The van der Waals surface area contributed by atoms with Gasteiger partial charge in [-0.25, -0.2) is 0 Å². The number of anilines is 2. The lowest BCUT2D eigenvalue weighted by Gasteiger charge is -2.16. The number of benzene rings is 1. The van der Waals surface area contributed by atoms with Crippen LogP contribution in [0.3, 0.4) is 0 Å². The van der Waals surface area contributed by atoms with Crippen LogP contribution in [0.15, 0.2) is 24.3 Å². The number of amides is 2. The van der Waals surface area contributed by atoms with E-state index in [-0.39, 0.29) is 24.3 Å². The minimum Gasteiger partial charge on any atom is -0.481 e. The van der Waals surface area contributed by atoms with Crippen molar-refractivity contribution >= 4 is 29.2 Å².